The molecule has 24 heavy (non-hydrogen) atoms. The van der Waals surface area contributed by atoms with Gasteiger partial charge >= 0.3 is 0 Å². The number of hydrogen-bond donors (Lipinski definition) is 2. The van der Waals surface area contributed by atoms with Crippen molar-refractivity contribution in [2.24, 2.45) is 0 Å². The van der Waals surface area contributed by atoms with Crippen LogP contribution in [0.5, 0.6) is 5.75 Å². The first-order valence-electron chi connectivity index (χ1n) is 8.54. The van der Waals surface area contributed by atoms with E-state index < -0.39 is 6.23 Å². The predicted molar refractivity (Wildman–Crippen MR) is 93.5 cm³/mol. The molecule has 2 N–H and O–H groups in total. The molecule has 1 heterocycles. The first kappa shape index (κ1) is 16.7. The zero-order valence-electron chi connectivity index (χ0n) is 13.9. The highest BCUT2D eigenvalue weighted by atomic mass is 16.5. The number of nitrogens with zero attached hydrogens (tertiary/aromatic N) is 1. The van der Waals surface area contributed by atoms with Gasteiger partial charge in [-0.2, -0.15) is 0 Å². The number of benzene rings is 1. The topological polar surface area (TPSA) is 67.5 Å². The maximum absolute atomic E-state index is 9.86. The zero-order chi connectivity index (χ0) is 16.8. The fraction of sp³-hybridized carbons (Fsp3) is 0.421. The van der Waals surface area contributed by atoms with E-state index in [1.165, 1.54) is 0 Å². The lowest BCUT2D eigenvalue weighted by Crippen LogP contribution is -2.32. The molecule has 1 unspecified atom stereocenters. The highest BCUT2D eigenvalue weighted by molar-refractivity contribution is 5.70. The van der Waals surface area contributed by atoms with Gasteiger partial charge in [0.2, 0.25) is 0 Å². The van der Waals surface area contributed by atoms with Crippen molar-refractivity contribution in [2.45, 2.75) is 44.9 Å². The second kappa shape index (κ2) is 8.13. The van der Waals surface area contributed by atoms with Crippen LogP contribution in [-0.4, -0.2) is 29.1 Å². The van der Waals surface area contributed by atoms with Crippen LogP contribution in [0.15, 0.2) is 34.9 Å². The van der Waals surface area contributed by atoms with E-state index in [1.54, 1.807) is 0 Å². The van der Waals surface area contributed by atoms with Crippen LogP contribution in [0.3, 0.4) is 0 Å². The molecule has 0 bridgehead atoms. The number of rotatable bonds is 9. The third-order valence-corrected chi connectivity index (χ3v) is 3.94. The number of aliphatic hydroxyl groups is 1. The minimum atomic E-state index is -0.498. The van der Waals surface area contributed by atoms with E-state index in [9.17, 15) is 5.11 Å². The molecule has 1 fully saturated rings. The second-order valence-electron chi connectivity index (χ2n) is 6.04. The van der Waals surface area contributed by atoms with Crippen LogP contribution < -0.4 is 10.1 Å². The predicted octanol–water partition coefficient (Wildman–Crippen LogP) is 3.25. The van der Waals surface area contributed by atoms with Gasteiger partial charge in [-0.3, -0.25) is 5.32 Å². The maximum Gasteiger partial charge on any atom is 0.159 e. The van der Waals surface area contributed by atoms with Crippen LogP contribution in [0.25, 0.3) is 12.2 Å². The molecule has 0 spiro atoms. The van der Waals surface area contributed by atoms with Crippen LogP contribution in [-0.2, 0) is 6.42 Å². The van der Waals surface area contributed by atoms with Crippen molar-refractivity contribution in [3.63, 3.8) is 0 Å². The van der Waals surface area contributed by atoms with Gasteiger partial charge in [0.1, 0.15) is 12.0 Å². The Balaban J connectivity index is 1.55. The van der Waals surface area contributed by atoms with Crippen molar-refractivity contribution in [1.29, 1.82) is 0 Å². The molecule has 2 aromatic rings. The number of hydrogen-bond acceptors (Lipinski definition) is 5. The number of aliphatic hydroxyl groups excluding tert-OH is 1. The van der Waals surface area contributed by atoms with Crippen LogP contribution in [0.4, 0.5) is 0 Å². The molecule has 0 radical (unpaired) electrons. The molecule has 0 amide bonds. The van der Waals surface area contributed by atoms with Gasteiger partial charge in [0.25, 0.3) is 0 Å². The van der Waals surface area contributed by atoms with Crippen molar-refractivity contribution in [1.82, 2.24) is 10.5 Å². The maximum atomic E-state index is 9.86. The monoisotopic (exact) mass is 328 g/mol. The molecule has 5 heteroatoms. The van der Waals surface area contributed by atoms with Gasteiger partial charge in [0.05, 0.1) is 12.3 Å². The van der Waals surface area contributed by atoms with Gasteiger partial charge < -0.3 is 14.4 Å². The summed E-state index contributed by atoms with van der Waals surface area (Å²) in [4.78, 5) is 0. The molecule has 1 saturated carbocycles. The smallest absolute Gasteiger partial charge is 0.159 e. The van der Waals surface area contributed by atoms with Crippen LogP contribution in [0.1, 0.15) is 43.2 Å². The Bertz CT molecular complexity index is 677. The van der Waals surface area contributed by atoms with Gasteiger partial charge in [-0.15, -0.1) is 0 Å². The molecule has 128 valence electrons. The van der Waals surface area contributed by atoms with Crippen molar-refractivity contribution in [3.8, 4) is 5.75 Å². The second-order valence-corrected chi connectivity index (χ2v) is 6.04. The Morgan fingerprint density at radius 2 is 2.21 bits per heavy atom. The Kier molecular flexibility index (Phi) is 5.67. The highest BCUT2D eigenvalue weighted by Gasteiger charge is 2.23. The summed E-state index contributed by atoms with van der Waals surface area (Å²) >= 11 is 0. The lowest BCUT2D eigenvalue weighted by atomic mass is 10.1. The van der Waals surface area contributed by atoms with Crippen LogP contribution in [0, 0.1) is 0 Å². The van der Waals surface area contributed by atoms with Crippen molar-refractivity contribution < 1.29 is 14.4 Å². The van der Waals surface area contributed by atoms with E-state index in [4.69, 9.17) is 9.26 Å². The highest BCUT2D eigenvalue weighted by Crippen LogP contribution is 2.22. The Hall–Kier alpha value is -2.11. The summed E-state index contributed by atoms with van der Waals surface area (Å²) in [5, 5.41) is 17.0. The van der Waals surface area contributed by atoms with Gasteiger partial charge in [-0.1, -0.05) is 30.3 Å². The molecular weight excluding hydrogens is 304 g/mol. The molecule has 1 aromatic heterocycles. The lowest BCUT2D eigenvalue weighted by molar-refractivity contribution is 0.106. The van der Waals surface area contributed by atoms with Gasteiger partial charge in [0.15, 0.2) is 5.76 Å². The van der Waals surface area contributed by atoms with E-state index in [1.807, 2.05) is 49.4 Å². The quantitative estimate of drug-likeness (QED) is 0.692. The Morgan fingerprint density at radius 1 is 1.38 bits per heavy atom. The van der Waals surface area contributed by atoms with Gasteiger partial charge in [0, 0.05) is 24.1 Å². The molecule has 1 aliphatic rings. The molecule has 1 atom stereocenters. The number of ether oxygens (including phenoxy) is 1. The van der Waals surface area contributed by atoms with Crippen molar-refractivity contribution >= 4 is 12.2 Å². The molecule has 1 aliphatic carbocycles. The van der Waals surface area contributed by atoms with Crippen molar-refractivity contribution in [3.05, 3.63) is 47.3 Å². The Morgan fingerprint density at radius 3 is 2.96 bits per heavy atom. The largest absolute Gasteiger partial charge is 0.493 e. The third-order valence-electron chi connectivity index (χ3n) is 3.94. The molecular formula is C19H24N2O3. The summed E-state index contributed by atoms with van der Waals surface area (Å²) in [5.74, 6) is 1.52. The summed E-state index contributed by atoms with van der Waals surface area (Å²) < 4.78 is 11.1. The summed E-state index contributed by atoms with van der Waals surface area (Å²) in [6, 6.07) is 10.2. The first-order chi connectivity index (χ1) is 11.7. The first-order valence-corrected chi connectivity index (χ1v) is 8.54. The average molecular weight is 328 g/mol. The SMILES string of the molecule is CCc1cc(C=Cc2ccccc2OCCC(O)NC2CC2)on1. The Labute approximate surface area is 142 Å². The van der Waals surface area contributed by atoms with E-state index >= 15 is 0 Å². The standard InChI is InChI=1S/C19H24N2O3/c1-2-15-13-17(24-21-15)10-7-14-5-3-4-6-18(14)23-12-11-19(22)20-16-8-9-16/h3-7,10,13,16,19-20,22H,2,8-9,11-12H2,1H3. The van der Waals surface area contributed by atoms with E-state index in [2.05, 4.69) is 10.5 Å². The van der Waals surface area contributed by atoms with E-state index in [0.717, 1.165) is 42.0 Å². The molecule has 1 aromatic carbocycles. The fourth-order valence-electron chi connectivity index (χ4n) is 2.38. The summed E-state index contributed by atoms with van der Waals surface area (Å²) in [6.45, 7) is 2.51. The number of aromatic nitrogens is 1. The summed E-state index contributed by atoms with van der Waals surface area (Å²) in [7, 11) is 0. The molecule has 3 rings (SSSR count). The minimum Gasteiger partial charge on any atom is -0.493 e. The van der Waals surface area contributed by atoms with Gasteiger partial charge in [-0.25, -0.2) is 0 Å². The van der Waals surface area contributed by atoms with E-state index in [-0.39, 0.29) is 0 Å². The van der Waals surface area contributed by atoms with Crippen LogP contribution in [0.2, 0.25) is 0 Å². The number of nitrogens with one attached hydrogen (secondary N) is 1. The van der Waals surface area contributed by atoms with Crippen LogP contribution >= 0.6 is 0 Å². The molecule has 5 nitrogen and oxygen atoms in total. The summed E-state index contributed by atoms with van der Waals surface area (Å²) in [5.41, 5.74) is 1.91. The zero-order valence-corrected chi connectivity index (χ0v) is 13.9. The number of aryl methyl sites for hydroxylation is 1. The third kappa shape index (κ3) is 4.94. The normalized spacial score (nSPS) is 15.8. The fourth-order valence-corrected chi connectivity index (χ4v) is 2.38. The minimum absolute atomic E-state index is 0.466. The van der Waals surface area contributed by atoms with E-state index in [0.29, 0.717) is 19.1 Å². The molecule has 0 saturated heterocycles. The summed E-state index contributed by atoms with van der Waals surface area (Å²) in [6.07, 6.45) is 7.08. The van der Waals surface area contributed by atoms with Gasteiger partial charge in [-0.05, 0) is 37.5 Å². The van der Waals surface area contributed by atoms with Crippen molar-refractivity contribution in [2.75, 3.05) is 6.61 Å². The molecule has 0 aliphatic heterocycles. The average Bonchev–Trinajstić information content (AvgIpc) is 3.28. The lowest BCUT2D eigenvalue weighted by Gasteiger charge is -2.13. The number of para-hydroxylation sites is 1.